The second-order valence-corrected chi connectivity index (χ2v) is 6.16. The van der Waals surface area contributed by atoms with Gasteiger partial charge in [-0.3, -0.25) is 4.79 Å². The van der Waals surface area contributed by atoms with E-state index in [9.17, 15) is 4.79 Å². The molecule has 5 heteroatoms. The lowest BCUT2D eigenvalue weighted by atomic mass is 9.96. The number of anilines is 1. The van der Waals surface area contributed by atoms with Crippen molar-refractivity contribution in [3.8, 4) is 5.69 Å². The van der Waals surface area contributed by atoms with E-state index in [1.54, 1.807) is 12.5 Å². The van der Waals surface area contributed by atoms with Crippen molar-refractivity contribution in [2.45, 2.75) is 12.3 Å². The molecule has 4 rings (SSSR count). The Balaban J connectivity index is 1.52. The zero-order valence-corrected chi connectivity index (χ0v) is 13.8. The number of ether oxygens (including phenoxy) is 1. The van der Waals surface area contributed by atoms with Crippen molar-refractivity contribution in [1.82, 2.24) is 9.55 Å². The second kappa shape index (κ2) is 6.91. The topological polar surface area (TPSA) is 56.2 Å². The smallest absolute Gasteiger partial charge is 0.255 e. The number of carbonyl (C=O) groups excluding carboxylic acids is 1. The van der Waals surface area contributed by atoms with Gasteiger partial charge < -0.3 is 14.6 Å². The summed E-state index contributed by atoms with van der Waals surface area (Å²) >= 11 is 0. The fourth-order valence-electron chi connectivity index (χ4n) is 3.09. The summed E-state index contributed by atoms with van der Waals surface area (Å²) in [7, 11) is 0. The lowest BCUT2D eigenvalue weighted by Gasteiger charge is -2.11. The SMILES string of the molecule is O=C(Nc1cccc(-n2ccnc2)c1)c1cccc([C@@H]2CCOC2)c1. The minimum atomic E-state index is -0.108. The Morgan fingerprint density at radius 3 is 2.92 bits per heavy atom. The second-order valence-electron chi connectivity index (χ2n) is 6.16. The van der Waals surface area contributed by atoms with Crippen molar-refractivity contribution in [3.05, 3.63) is 78.4 Å². The molecule has 1 saturated heterocycles. The molecule has 1 fully saturated rings. The lowest BCUT2D eigenvalue weighted by molar-refractivity contribution is 0.102. The molecule has 2 aromatic carbocycles. The fraction of sp³-hybridized carbons (Fsp3) is 0.200. The number of nitrogens with zero attached hydrogens (tertiary/aromatic N) is 2. The van der Waals surface area contributed by atoms with E-state index in [0.717, 1.165) is 36.6 Å². The number of benzene rings is 2. The van der Waals surface area contributed by atoms with Crippen LogP contribution in [0.2, 0.25) is 0 Å². The van der Waals surface area contributed by atoms with Gasteiger partial charge in [-0.2, -0.15) is 0 Å². The minimum absolute atomic E-state index is 0.108. The number of rotatable bonds is 4. The molecule has 0 aliphatic carbocycles. The van der Waals surface area contributed by atoms with Crippen LogP contribution < -0.4 is 5.32 Å². The summed E-state index contributed by atoms with van der Waals surface area (Å²) < 4.78 is 7.35. The number of amides is 1. The maximum absolute atomic E-state index is 12.6. The first-order valence-corrected chi connectivity index (χ1v) is 8.37. The van der Waals surface area contributed by atoms with E-state index in [1.165, 1.54) is 0 Å². The Labute approximate surface area is 146 Å². The third-order valence-corrected chi connectivity index (χ3v) is 4.46. The summed E-state index contributed by atoms with van der Waals surface area (Å²) in [4.78, 5) is 16.7. The van der Waals surface area contributed by atoms with Gasteiger partial charge in [-0.05, 0) is 42.3 Å². The average molecular weight is 333 g/mol. The molecule has 1 atom stereocenters. The minimum Gasteiger partial charge on any atom is -0.381 e. The van der Waals surface area contributed by atoms with Gasteiger partial charge in [0.1, 0.15) is 0 Å². The maximum atomic E-state index is 12.6. The molecule has 1 amide bonds. The first-order chi connectivity index (χ1) is 12.3. The standard InChI is InChI=1S/C20H19N3O2/c24-20(16-4-1-3-15(11-16)17-7-10-25-13-17)22-18-5-2-6-19(12-18)23-9-8-21-14-23/h1-6,8-9,11-12,14,17H,7,10,13H2,(H,22,24)/t17-/m1/s1. The van der Waals surface area contributed by atoms with Crippen molar-refractivity contribution in [2.24, 2.45) is 0 Å². The van der Waals surface area contributed by atoms with Crippen LogP contribution in [0, 0.1) is 0 Å². The Hall–Kier alpha value is -2.92. The highest BCUT2D eigenvalue weighted by atomic mass is 16.5. The Bertz CT molecular complexity index is 868. The summed E-state index contributed by atoms with van der Waals surface area (Å²) in [5, 5.41) is 2.97. The van der Waals surface area contributed by atoms with Crippen molar-refractivity contribution in [3.63, 3.8) is 0 Å². The monoisotopic (exact) mass is 333 g/mol. The van der Waals surface area contributed by atoms with E-state index < -0.39 is 0 Å². The highest BCUT2D eigenvalue weighted by Gasteiger charge is 2.18. The zero-order chi connectivity index (χ0) is 17.1. The van der Waals surface area contributed by atoms with Gasteiger partial charge in [-0.25, -0.2) is 4.98 Å². The van der Waals surface area contributed by atoms with Crippen LogP contribution >= 0.6 is 0 Å². The molecule has 1 aromatic heterocycles. The van der Waals surface area contributed by atoms with Crippen molar-refractivity contribution < 1.29 is 9.53 Å². The summed E-state index contributed by atoms with van der Waals surface area (Å²) in [6, 6.07) is 15.5. The van der Waals surface area contributed by atoms with Crippen molar-refractivity contribution in [2.75, 3.05) is 18.5 Å². The normalized spacial score (nSPS) is 16.7. The van der Waals surface area contributed by atoms with Crippen molar-refractivity contribution in [1.29, 1.82) is 0 Å². The van der Waals surface area contributed by atoms with Gasteiger partial charge in [0.25, 0.3) is 5.91 Å². The fourth-order valence-corrected chi connectivity index (χ4v) is 3.09. The predicted molar refractivity (Wildman–Crippen MR) is 96.1 cm³/mol. The third-order valence-electron chi connectivity index (χ3n) is 4.46. The van der Waals surface area contributed by atoms with E-state index in [4.69, 9.17) is 4.74 Å². The summed E-state index contributed by atoms with van der Waals surface area (Å²) in [6.07, 6.45) is 6.34. The van der Waals surface area contributed by atoms with Crippen LogP contribution in [-0.2, 0) is 4.74 Å². The van der Waals surface area contributed by atoms with Gasteiger partial charge in [0.05, 0.1) is 12.9 Å². The number of imidazole rings is 1. The number of carbonyl (C=O) groups is 1. The Kier molecular flexibility index (Phi) is 4.31. The molecule has 0 saturated carbocycles. The summed E-state index contributed by atoms with van der Waals surface area (Å²) in [5.41, 5.74) is 3.53. The predicted octanol–water partition coefficient (Wildman–Crippen LogP) is 3.63. The lowest BCUT2D eigenvalue weighted by Crippen LogP contribution is -2.13. The molecule has 25 heavy (non-hydrogen) atoms. The van der Waals surface area contributed by atoms with Gasteiger partial charge in [0, 0.05) is 41.9 Å². The van der Waals surface area contributed by atoms with E-state index >= 15 is 0 Å². The first kappa shape index (κ1) is 15.6. The largest absolute Gasteiger partial charge is 0.381 e. The van der Waals surface area contributed by atoms with Crippen LogP contribution in [0.5, 0.6) is 0 Å². The Morgan fingerprint density at radius 1 is 1.20 bits per heavy atom. The van der Waals surface area contributed by atoms with Gasteiger partial charge >= 0.3 is 0 Å². The number of hydrogen-bond acceptors (Lipinski definition) is 3. The van der Waals surface area contributed by atoms with E-state index in [1.807, 2.05) is 53.2 Å². The highest BCUT2D eigenvalue weighted by Crippen LogP contribution is 2.26. The molecule has 1 N–H and O–H groups in total. The molecule has 5 nitrogen and oxygen atoms in total. The maximum Gasteiger partial charge on any atom is 0.255 e. The first-order valence-electron chi connectivity index (χ1n) is 8.37. The third kappa shape index (κ3) is 3.46. The quantitative estimate of drug-likeness (QED) is 0.793. The molecular formula is C20H19N3O2. The molecule has 1 aliphatic heterocycles. The van der Waals surface area contributed by atoms with E-state index in [2.05, 4.69) is 16.4 Å². The average Bonchev–Trinajstić information content (AvgIpc) is 3.36. The molecule has 0 radical (unpaired) electrons. The molecule has 126 valence electrons. The van der Waals surface area contributed by atoms with Gasteiger partial charge in [-0.15, -0.1) is 0 Å². The zero-order valence-electron chi connectivity index (χ0n) is 13.8. The van der Waals surface area contributed by atoms with Crippen LogP contribution in [0.25, 0.3) is 5.69 Å². The van der Waals surface area contributed by atoms with Crippen LogP contribution in [0.4, 0.5) is 5.69 Å². The van der Waals surface area contributed by atoms with Crippen molar-refractivity contribution >= 4 is 11.6 Å². The number of nitrogens with one attached hydrogen (secondary N) is 1. The summed E-state index contributed by atoms with van der Waals surface area (Å²) in [6.45, 7) is 1.53. The van der Waals surface area contributed by atoms with E-state index in [-0.39, 0.29) is 5.91 Å². The van der Waals surface area contributed by atoms with Gasteiger partial charge in [0.2, 0.25) is 0 Å². The molecule has 3 aromatic rings. The molecule has 0 bridgehead atoms. The summed E-state index contributed by atoms with van der Waals surface area (Å²) in [5.74, 6) is 0.279. The van der Waals surface area contributed by atoms with Crippen LogP contribution in [0.1, 0.15) is 28.3 Å². The number of aromatic nitrogens is 2. The highest BCUT2D eigenvalue weighted by molar-refractivity contribution is 6.04. The molecule has 2 heterocycles. The van der Waals surface area contributed by atoms with Crippen LogP contribution in [0.3, 0.4) is 0 Å². The Morgan fingerprint density at radius 2 is 2.12 bits per heavy atom. The van der Waals surface area contributed by atoms with Gasteiger partial charge in [-0.1, -0.05) is 18.2 Å². The molecule has 0 spiro atoms. The van der Waals surface area contributed by atoms with Crippen LogP contribution in [0.15, 0.2) is 67.3 Å². The van der Waals surface area contributed by atoms with E-state index in [0.29, 0.717) is 11.5 Å². The van der Waals surface area contributed by atoms with Gasteiger partial charge in [0.15, 0.2) is 0 Å². The molecule has 0 unspecified atom stereocenters. The van der Waals surface area contributed by atoms with Crippen LogP contribution in [-0.4, -0.2) is 28.7 Å². The molecule has 1 aliphatic rings. The number of hydrogen-bond donors (Lipinski definition) is 1. The molecular weight excluding hydrogens is 314 g/mol.